The smallest absolute Gasteiger partial charge is 0.258 e. The van der Waals surface area contributed by atoms with Gasteiger partial charge in [-0.3, -0.25) is 0 Å². The third-order valence-electron chi connectivity index (χ3n) is 3.42. The van der Waals surface area contributed by atoms with Crippen LogP contribution < -0.4 is 4.72 Å². The van der Waals surface area contributed by atoms with Gasteiger partial charge in [-0.1, -0.05) is 19.4 Å². The van der Waals surface area contributed by atoms with Crippen molar-refractivity contribution in [3.8, 4) is 0 Å². The Kier molecular flexibility index (Phi) is 3.99. The van der Waals surface area contributed by atoms with Gasteiger partial charge in [0.15, 0.2) is 5.03 Å². The number of aromatic nitrogens is 1. The van der Waals surface area contributed by atoms with Crippen molar-refractivity contribution in [3.63, 3.8) is 0 Å². The van der Waals surface area contributed by atoms with E-state index in [1.165, 1.54) is 12.3 Å². The van der Waals surface area contributed by atoms with E-state index in [2.05, 4.69) is 16.6 Å². The van der Waals surface area contributed by atoms with Gasteiger partial charge in [0.2, 0.25) is 0 Å². The van der Waals surface area contributed by atoms with E-state index in [0.717, 1.165) is 19.3 Å². The molecule has 100 valence electrons. The molecule has 1 fully saturated rings. The fourth-order valence-corrected chi connectivity index (χ4v) is 3.55. The lowest BCUT2D eigenvalue weighted by Gasteiger charge is -2.16. The summed E-state index contributed by atoms with van der Waals surface area (Å²) in [5.41, 5.74) is 0.600. The zero-order valence-electron chi connectivity index (χ0n) is 10.3. The van der Waals surface area contributed by atoms with E-state index < -0.39 is 10.0 Å². The topological polar surface area (TPSA) is 79.3 Å². The SMILES string of the molecule is CC1CCCC1NS(=O)(=O)c1ccc(CO)cn1. The summed E-state index contributed by atoms with van der Waals surface area (Å²) in [5, 5.41) is 8.90. The van der Waals surface area contributed by atoms with E-state index in [1.54, 1.807) is 6.07 Å². The fourth-order valence-electron chi connectivity index (χ4n) is 2.24. The van der Waals surface area contributed by atoms with Crippen molar-refractivity contribution in [2.75, 3.05) is 0 Å². The number of hydrogen-bond donors (Lipinski definition) is 2. The summed E-state index contributed by atoms with van der Waals surface area (Å²) in [6.45, 7) is 1.92. The minimum absolute atomic E-state index is 0.00863. The molecule has 1 saturated carbocycles. The van der Waals surface area contributed by atoms with Gasteiger partial charge in [-0.2, -0.15) is 0 Å². The zero-order valence-corrected chi connectivity index (χ0v) is 11.2. The third kappa shape index (κ3) is 2.88. The van der Waals surface area contributed by atoms with Crippen LogP contribution in [0.2, 0.25) is 0 Å². The minimum atomic E-state index is -3.54. The summed E-state index contributed by atoms with van der Waals surface area (Å²) >= 11 is 0. The molecule has 1 aliphatic rings. The van der Waals surface area contributed by atoms with Gasteiger partial charge >= 0.3 is 0 Å². The van der Waals surface area contributed by atoms with Crippen LogP contribution >= 0.6 is 0 Å². The van der Waals surface area contributed by atoms with Crippen LogP contribution in [-0.2, 0) is 16.6 Å². The minimum Gasteiger partial charge on any atom is -0.392 e. The van der Waals surface area contributed by atoms with Crippen molar-refractivity contribution in [1.82, 2.24) is 9.71 Å². The lowest BCUT2D eigenvalue weighted by atomic mass is 10.1. The Morgan fingerprint density at radius 1 is 1.44 bits per heavy atom. The summed E-state index contributed by atoms with van der Waals surface area (Å²) in [7, 11) is -3.54. The first-order valence-corrected chi connectivity index (χ1v) is 7.59. The molecule has 6 heteroatoms. The molecule has 0 bridgehead atoms. The van der Waals surface area contributed by atoms with Gasteiger partial charge in [0.25, 0.3) is 10.0 Å². The number of nitrogens with one attached hydrogen (secondary N) is 1. The number of aliphatic hydroxyl groups excluding tert-OH is 1. The molecular weight excluding hydrogens is 252 g/mol. The summed E-state index contributed by atoms with van der Waals surface area (Å²) in [6, 6.07) is 3.00. The van der Waals surface area contributed by atoms with Gasteiger partial charge < -0.3 is 5.11 Å². The zero-order chi connectivity index (χ0) is 13.2. The molecule has 1 aliphatic carbocycles. The molecule has 0 radical (unpaired) electrons. The van der Waals surface area contributed by atoms with Gasteiger partial charge in [-0.15, -0.1) is 0 Å². The summed E-state index contributed by atoms with van der Waals surface area (Å²) in [5.74, 6) is 0.372. The molecule has 5 nitrogen and oxygen atoms in total. The average Bonchev–Trinajstić information content (AvgIpc) is 2.74. The molecule has 0 amide bonds. The van der Waals surface area contributed by atoms with Crippen molar-refractivity contribution in [1.29, 1.82) is 0 Å². The normalized spacial score (nSPS) is 24.3. The van der Waals surface area contributed by atoms with Gasteiger partial charge in [0.1, 0.15) is 0 Å². The summed E-state index contributed by atoms with van der Waals surface area (Å²) in [6.07, 6.45) is 4.39. The Hall–Kier alpha value is -0.980. The Morgan fingerprint density at radius 3 is 2.72 bits per heavy atom. The highest BCUT2D eigenvalue weighted by atomic mass is 32.2. The predicted molar refractivity (Wildman–Crippen MR) is 67.3 cm³/mol. The fraction of sp³-hybridized carbons (Fsp3) is 0.583. The van der Waals surface area contributed by atoms with Crippen molar-refractivity contribution in [3.05, 3.63) is 23.9 Å². The third-order valence-corrected chi connectivity index (χ3v) is 4.83. The number of pyridine rings is 1. The Morgan fingerprint density at radius 2 is 2.22 bits per heavy atom. The van der Waals surface area contributed by atoms with Crippen LogP contribution in [0.1, 0.15) is 31.7 Å². The second-order valence-electron chi connectivity index (χ2n) is 4.80. The summed E-state index contributed by atoms with van der Waals surface area (Å²) in [4.78, 5) is 3.88. The summed E-state index contributed by atoms with van der Waals surface area (Å²) < 4.78 is 26.9. The Bertz CT molecular complexity index is 499. The van der Waals surface area contributed by atoms with Gasteiger partial charge in [0.05, 0.1) is 6.61 Å². The molecule has 1 aromatic heterocycles. The molecule has 2 N–H and O–H groups in total. The molecule has 0 spiro atoms. The molecule has 0 saturated heterocycles. The van der Waals surface area contributed by atoms with Crippen LogP contribution in [-0.4, -0.2) is 24.6 Å². The quantitative estimate of drug-likeness (QED) is 0.857. The monoisotopic (exact) mass is 270 g/mol. The molecule has 1 aromatic rings. The highest BCUT2D eigenvalue weighted by molar-refractivity contribution is 7.89. The second kappa shape index (κ2) is 5.34. The first-order valence-electron chi connectivity index (χ1n) is 6.11. The highest BCUT2D eigenvalue weighted by Gasteiger charge is 2.28. The Labute approximate surface area is 107 Å². The molecule has 0 aromatic carbocycles. The van der Waals surface area contributed by atoms with E-state index in [1.807, 2.05) is 0 Å². The second-order valence-corrected chi connectivity index (χ2v) is 6.46. The van der Waals surface area contributed by atoms with E-state index in [9.17, 15) is 8.42 Å². The van der Waals surface area contributed by atoms with E-state index in [4.69, 9.17) is 5.11 Å². The Balaban J connectivity index is 2.14. The first kappa shape index (κ1) is 13.5. The molecule has 18 heavy (non-hydrogen) atoms. The van der Waals surface area contributed by atoms with Crippen LogP contribution in [0.3, 0.4) is 0 Å². The molecule has 0 aliphatic heterocycles. The lowest BCUT2D eigenvalue weighted by Crippen LogP contribution is -2.36. The number of sulfonamides is 1. The van der Waals surface area contributed by atoms with Gasteiger partial charge in [-0.05, 0) is 30.4 Å². The largest absolute Gasteiger partial charge is 0.392 e. The average molecular weight is 270 g/mol. The van der Waals surface area contributed by atoms with Crippen molar-refractivity contribution in [2.45, 2.75) is 43.9 Å². The van der Waals surface area contributed by atoms with Crippen molar-refractivity contribution < 1.29 is 13.5 Å². The number of rotatable bonds is 4. The van der Waals surface area contributed by atoms with Gasteiger partial charge in [0, 0.05) is 12.2 Å². The van der Waals surface area contributed by atoms with Crippen LogP contribution in [0.4, 0.5) is 0 Å². The maximum atomic E-state index is 12.1. The lowest BCUT2D eigenvalue weighted by molar-refractivity contribution is 0.281. The van der Waals surface area contributed by atoms with Crippen molar-refractivity contribution >= 4 is 10.0 Å². The molecule has 2 unspecified atom stereocenters. The van der Waals surface area contributed by atoms with E-state index in [0.29, 0.717) is 11.5 Å². The number of nitrogens with zero attached hydrogens (tertiary/aromatic N) is 1. The molecular formula is C12H18N2O3S. The molecule has 2 rings (SSSR count). The predicted octanol–water partition coefficient (Wildman–Crippen LogP) is 1.04. The maximum absolute atomic E-state index is 12.1. The van der Waals surface area contributed by atoms with Crippen LogP contribution in [0, 0.1) is 5.92 Å². The van der Waals surface area contributed by atoms with Crippen molar-refractivity contribution in [2.24, 2.45) is 5.92 Å². The number of aliphatic hydroxyl groups is 1. The number of hydrogen-bond acceptors (Lipinski definition) is 4. The van der Waals surface area contributed by atoms with E-state index >= 15 is 0 Å². The van der Waals surface area contributed by atoms with Crippen LogP contribution in [0.15, 0.2) is 23.4 Å². The first-order chi connectivity index (χ1) is 8.53. The van der Waals surface area contributed by atoms with Gasteiger partial charge in [-0.25, -0.2) is 18.1 Å². The van der Waals surface area contributed by atoms with Crippen LogP contribution in [0.5, 0.6) is 0 Å². The molecule has 2 atom stereocenters. The standard InChI is InChI=1S/C12H18N2O3S/c1-9-3-2-4-11(9)14-18(16,17)12-6-5-10(8-15)7-13-12/h5-7,9,11,14-15H,2-4,8H2,1H3. The van der Waals surface area contributed by atoms with E-state index in [-0.39, 0.29) is 17.7 Å². The van der Waals surface area contributed by atoms with Crippen LogP contribution in [0.25, 0.3) is 0 Å². The molecule has 1 heterocycles. The highest BCUT2D eigenvalue weighted by Crippen LogP contribution is 2.26. The maximum Gasteiger partial charge on any atom is 0.258 e.